The Balaban J connectivity index is 1.69. The summed E-state index contributed by atoms with van der Waals surface area (Å²) in [4.78, 5) is 19.9. The van der Waals surface area contributed by atoms with E-state index in [4.69, 9.17) is 10.7 Å². The molecule has 3 aliphatic rings. The average Bonchev–Trinajstić information content (AvgIpc) is 2.96. The molecule has 0 fully saturated rings. The molecule has 1 amide bonds. The molecule has 4 heteroatoms. The third-order valence-corrected chi connectivity index (χ3v) is 6.81. The monoisotopic (exact) mass is 345 g/mol. The van der Waals surface area contributed by atoms with Crippen LogP contribution in [0.15, 0.2) is 53.5 Å². The summed E-state index contributed by atoms with van der Waals surface area (Å²) in [6.45, 7) is 0. The molecule has 1 atom stereocenters. The second-order valence-corrected chi connectivity index (χ2v) is 7.93. The van der Waals surface area contributed by atoms with Gasteiger partial charge in [0, 0.05) is 12.5 Å². The van der Waals surface area contributed by atoms with Gasteiger partial charge in [-0.2, -0.15) is 0 Å². The summed E-state index contributed by atoms with van der Waals surface area (Å²) < 4.78 is 0. The lowest BCUT2D eigenvalue weighted by atomic mass is 9.65. The van der Waals surface area contributed by atoms with Gasteiger partial charge in [0.15, 0.2) is 11.5 Å². The van der Waals surface area contributed by atoms with Crippen molar-refractivity contribution in [1.82, 2.24) is 4.90 Å². The molecule has 2 aliphatic carbocycles. The van der Waals surface area contributed by atoms with E-state index in [1.165, 1.54) is 16.7 Å². The molecule has 2 aromatic carbocycles. The number of guanidine groups is 1. The Morgan fingerprint density at radius 1 is 0.962 bits per heavy atom. The summed E-state index contributed by atoms with van der Waals surface area (Å²) in [6, 6.07) is 17.0. The standard InChI is InChI=1S/C22H23N3O/c1-25-19(26)22(24-20(25)23)18-9-5-4-8-17(18)14-21(22)12-10-15-6-2-3-7-16(15)11-13-21/h2-9H,10-14H2,1H3,(H2,23,24)/t22-/m0/s1. The van der Waals surface area contributed by atoms with E-state index in [0.717, 1.165) is 37.7 Å². The maximum absolute atomic E-state index is 13.5. The van der Waals surface area contributed by atoms with Crippen molar-refractivity contribution in [1.29, 1.82) is 0 Å². The Bertz CT molecular complexity index is 921. The van der Waals surface area contributed by atoms with E-state index in [1.807, 2.05) is 6.07 Å². The van der Waals surface area contributed by atoms with Crippen LogP contribution >= 0.6 is 0 Å². The number of amides is 1. The van der Waals surface area contributed by atoms with Crippen LogP contribution in [-0.4, -0.2) is 23.8 Å². The van der Waals surface area contributed by atoms with E-state index in [0.29, 0.717) is 5.96 Å². The Kier molecular flexibility index (Phi) is 3.12. The molecule has 1 aliphatic heterocycles. The Morgan fingerprint density at radius 3 is 2.12 bits per heavy atom. The lowest BCUT2D eigenvalue weighted by Crippen LogP contribution is -2.49. The molecular weight excluding hydrogens is 322 g/mol. The van der Waals surface area contributed by atoms with Gasteiger partial charge in [0.1, 0.15) is 0 Å². The second kappa shape index (κ2) is 5.19. The van der Waals surface area contributed by atoms with Gasteiger partial charge in [-0.1, -0.05) is 48.5 Å². The van der Waals surface area contributed by atoms with Gasteiger partial charge >= 0.3 is 0 Å². The number of carbonyl (C=O) groups excluding carboxylic acids is 1. The number of rotatable bonds is 0. The SMILES string of the molecule is CN1C(=O)[C@@]2(N=C1N)c1ccccc1CC21CCc2ccccc2CC1. The zero-order chi connectivity index (χ0) is 17.9. The fraction of sp³-hybridized carbons (Fsp3) is 0.364. The van der Waals surface area contributed by atoms with Gasteiger partial charge in [-0.05, 0) is 54.4 Å². The van der Waals surface area contributed by atoms with Crippen molar-refractivity contribution >= 4 is 11.9 Å². The van der Waals surface area contributed by atoms with Crippen LogP contribution in [-0.2, 0) is 29.6 Å². The van der Waals surface area contributed by atoms with Gasteiger partial charge in [-0.25, -0.2) is 4.99 Å². The normalized spacial score (nSPS) is 26.0. The first-order chi connectivity index (χ1) is 12.6. The summed E-state index contributed by atoms with van der Waals surface area (Å²) >= 11 is 0. The van der Waals surface area contributed by atoms with Crippen molar-refractivity contribution in [3.63, 3.8) is 0 Å². The second-order valence-electron chi connectivity index (χ2n) is 7.93. The number of fused-ring (bicyclic) bond motifs is 4. The summed E-state index contributed by atoms with van der Waals surface area (Å²) in [6.07, 6.45) is 4.77. The number of aryl methyl sites for hydroxylation is 2. The van der Waals surface area contributed by atoms with E-state index in [2.05, 4.69) is 42.5 Å². The molecule has 0 bridgehead atoms. The number of benzene rings is 2. The highest BCUT2D eigenvalue weighted by Gasteiger charge is 2.65. The zero-order valence-corrected chi connectivity index (χ0v) is 15.0. The van der Waals surface area contributed by atoms with E-state index < -0.39 is 5.54 Å². The average molecular weight is 345 g/mol. The molecule has 4 nitrogen and oxygen atoms in total. The zero-order valence-electron chi connectivity index (χ0n) is 15.0. The highest BCUT2D eigenvalue weighted by atomic mass is 16.2. The van der Waals surface area contributed by atoms with E-state index in [1.54, 1.807) is 11.9 Å². The highest BCUT2D eigenvalue weighted by Crippen LogP contribution is 2.60. The lowest BCUT2D eigenvalue weighted by molar-refractivity contribution is -0.135. The van der Waals surface area contributed by atoms with Crippen molar-refractivity contribution in [2.24, 2.45) is 16.1 Å². The Hall–Kier alpha value is -2.62. The molecule has 2 N–H and O–H groups in total. The third-order valence-electron chi connectivity index (χ3n) is 6.81. The van der Waals surface area contributed by atoms with Crippen molar-refractivity contribution in [3.8, 4) is 0 Å². The molecule has 2 aromatic rings. The van der Waals surface area contributed by atoms with E-state index in [9.17, 15) is 4.79 Å². The van der Waals surface area contributed by atoms with Crippen molar-refractivity contribution in [2.75, 3.05) is 7.05 Å². The molecule has 0 radical (unpaired) electrons. The lowest BCUT2D eigenvalue weighted by Gasteiger charge is -2.40. The van der Waals surface area contributed by atoms with Crippen LogP contribution in [0.1, 0.15) is 35.1 Å². The van der Waals surface area contributed by atoms with Crippen LogP contribution in [0, 0.1) is 5.41 Å². The molecule has 132 valence electrons. The van der Waals surface area contributed by atoms with Crippen LogP contribution in [0.3, 0.4) is 0 Å². The van der Waals surface area contributed by atoms with Crippen LogP contribution < -0.4 is 5.73 Å². The molecule has 0 aromatic heterocycles. The smallest absolute Gasteiger partial charge is 0.262 e. The van der Waals surface area contributed by atoms with Gasteiger partial charge in [0.05, 0.1) is 0 Å². The first-order valence-corrected chi connectivity index (χ1v) is 9.36. The maximum atomic E-state index is 13.5. The number of hydrogen-bond donors (Lipinski definition) is 1. The van der Waals surface area contributed by atoms with Gasteiger partial charge in [0.2, 0.25) is 0 Å². The van der Waals surface area contributed by atoms with E-state index in [-0.39, 0.29) is 11.3 Å². The molecule has 2 spiro atoms. The minimum atomic E-state index is -0.857. The largest absolute Gasteiger partial charge is 0.369 e. The number of nitrogens with two attached hydrogens (primary N) is 1. The van der Waals surface area contributed by atoms with E-state index >= 15 is 0 Å². The molecule has 0 unspecified atom stereocenters. The number of likely N-dealkylation sites (N-methyl/N-ethyl adjacent to an activating group) is 1. The fourth-order valence-corrected chi connectivity index (χ4v) is 5.42. The number of hydrogen-bond acceptors (Lipinski definition) is 3. The molecule has 1 heterocycles. The van der Waals surface area contributed by atoms with Crippen molar-refractivity contribution in [2.45, 2.75) is 37.6 Å². The van der Waals surface area contributed by atoms with Gasteiger partial charge < -0.3 is 5.73 Å². The van der Waals surface area contributed by atoms with Gasteiger partial charge in [-0.15, -0.1) is 0 Å². The summed E-state index contributed by atoms with van der Waals surface area (Å²) in [5.41, 5.74) is 10.2. The van der Waals surface area contributed by atoms with Crippen LogP contribution in [0.2, 0.25) is 0 Å². The maximum Gasteiger partial charge on any atom is 0.262 e. The molecule has 0 saturated heterocycles. The molecular formula is C22H23N3O. The summed E-state index contributed by atoms with van der Waals surface area (Å²) in [5, 5.41) is 0. The molecule has 0 saturated carbocycles. The highest BCUT2D eigenvalue weighted by molar-refractivity contribution is 6.08. The third kappa shape index (κ3) is 1.79. The number of aliphatic imine (C=N–C) groups is 1. The quantitative estimate of drug-likeness (QED) is 0.798. The Labute approximate surface area is 153 Å². The first-order valence-electron chi connectivity index (χ1n) is 9.36. The minimum absolute atomic E-state index is 0.0332. The van der Waals surface area contributed by atoms with Gasteiger partial charge in [0.25, 0.3) is 5.91 Å². The molecule has 5 rings (SSSR count). The van der Waals surface area contributed by atoms with Gasteiger partial charge in [-0.3, -0.25) is 9.69 Å². The minimum Gasteiger partial charge on any atom is -0.369 e. The Morgan fingerprint density at radius 2 is 1.54 bits per heavy atom. The number of nitrogens with zero attached hydrogens (tertiary/aromatic N) is 2. The fourth-order valence-electron chi connectivity index (χ4n) is 5.42. The summed E-state index contributed by atoms with van der Waals surface area (Å²) in [5.74, 6) is 0.374. The van der Waals surface area contributed by atoms with Crippen LogP contribution in [0.5, 0.6) is 0 Å². The first kappa shape index (κ1) is 15.6. The van der Waals surface area contributed by atoms with Crippen LogP contribution in [0.25, 0.3) is 0 Å². The summed E-state index contributed by atoms with van der Waals surface area (Å²) in [7, 11) is 1.75. The predicted octanol–water partition coefficient (Wildman–Crippen LogP) is 2.79. The van der Waals surface area contributed by atoms with Crippen molar-refractivity contribution < 1.29 is 4.79 Å². The predicted molar refractivity (Wildman–Crippen MR) is 102 cm³/mol. The number of carbonyl (C=O) groups is 1. The van der Waals surface area contributed by atoms with Crippen LogP contribution in [0.4, 0.5) is 0 Å². The topological polar surface area (TPSA) is 58.7 Å². The molecule has 26 heavy (non-hydrogen) atoms. The van der Waals surface area contributed by atoms with Crippen molar-refractivity contribution in [3.05, 3.63) is 70.8 Å².